The second kappa shape index (κ2) is 9.82. The number of rotatable bonds is 6. The van der Waals surface area contributed by atoms with E-state index in [2.05, 4.69) is 20.8 Å². The highest BCUT2D eigenvalue weighted by Gasteiger charge is 2.29. The molecule has 3 N–H and O–H groups in total. The highest BCUT2D eigenvalue weighted by Crippen LogP contribution is 2.35. The first-order valence-electron chi connectivity index (χ1n) is 12.5. The highest BCUT2D eigenvalue weighted by atomic mass is 32.1. The van der Waals surface area contributed by atoms with E-state index < -0.39 is 23.5 Å². The van der Waals surface area contributed by atoms with Gasteiger partial charge in [0.2, 0.25) is 0 Å². The predicted octanol–water partition coefficient (Wildman–Crippen LogP) is 2.85. The molecular formula is C27H22N6O7S. The molecule has 2 amide bonds. The zero-order valence-electron chi connectivity index (χ0n) is 21.8. The Bertz CT molecular complexity index is 2040. The van der Waals surface area contributed by atoms with Crippen molar-refractivity contribution in [1.29, 1.82) is 0 Å². The molecule has 1 atom stereocenters. The Morgan fingerprint density at radius 3 is 2.76 bits per heavy atom. The Labute approximate surface area is 235 Å². The molecular weight excluding hydrogens is 552 g/mol. The molecule has 5 aromatic rings. The molecule has 0 bridgehead atoms. The van der Waals surface area contributed by atoms with Crippen LogP contribution in [0.15, 0.2) is 50.1 Å². The van der Waals surface area contributed by atoms with E-state index in [9.17, 15) is 24.3 Å². The largest absolute Gasteiger partial charge is 0.478 e. The van der Waals surface area contributed by atoms with Gasteiger partial charge in [0.25, 0.3) is 17.6 Å². The Balaban J connectivity index is 1.26. The Kier molecular flexibility index (Phi) is 6.26. The number of aryl methyl sites for hydroxylation is 1. The standard InChI is InChI=1S/C27H22N6O7S/c1-12-14-6-7-17(16(14)5-4-15(12)24(36)37)29-22(34)18-10-20(33-25(30-18)31-40-27(33)41)23(35)28-11-13-3-8-21-19(9-13)32(2)26(38)39-21/h3-5,8-10,17H,6-7,11H2,1-2H3,(H,28,35)(H,29,34)(H,36,37)/t17-/m0/s1. The molecule has 0 saturated heterocycles. The fraction of sp³-hybridized carbons (Fsp3) is 0.222. The maximum atomic E-state index is 13.3. The van der Waals surface area contributed by atoms with Crippen molar-refractivity contribution in [2.75, 3.05) is 0 Å². The van der Waals surface area contributed by atoms with Crippen LogP contribution in [0.4, 0.5) is 0 Å². The van der Waals surface area contributed by atoms with Gasteiger partial charge in [-0.2, -0.15) is 0 Å². The number of aromatic nitrogens is 4. The minimum absolute atomic E-state index is 0.00282. The molecule has 13 nitrogen and oxygen atoms in total. The SMILES string of the molecule is Cc1c(C(=O)O)ccc2c1CC[C@@H]2NC(=O)c1cc(C(=O)NCc2ccc3oc(=O)n(C)c3c2)n2c(=S)onc2n1. The monoisotopic (exact) mass is 574 g/mol. The van der Waals surface area contributed by atoms with Crippen LogP contribution in [0.1, 0.15) is 66.1 Å². The van der Waals surface area contributed by atoms with Gasteiger partial charge in [-0.05, 0) is 83.7 Å². The summed E-state index contributed by atoms with van der Waals surface area (Å²) in [6, 6.07) is 9.30. The van der Waals surface area contributed by atoms with Crippen molar-refractivity contribution in [1.82, 2.24) is 29.7 Å². The van der Waals surface area contributed by atoms with Crippen LogP contribution >= 0.6 is 12.2 Å². The molecule has 208 valence electrons. The zero-order chi connectivity index (χ0) is 29.0. The van der Waals surface area contributed by atoms with Crippen molar-refractivity contribution in [2.45, 2.75) is 32.4 Å². The molecule has 0 unspecified atom stereocenters. The lowest BCUT2D eigenvalue weighted by molar-refractivity contribution is 0.0695. The molecule has 3 heterocycles. The number of carbonyl (C=O) groups is 3. The lowest BCUT2D eigenvalue weighted by atomic mass is 9.98. The van der Waals surface area contributed by atoms with E-state index in [4.69, 9.17) is 21.2 Å². The first-order chi connectivity index (χ1) is 19.6. The van der Waals surface area contributed by atoms with Crippen molar-refractivity contribution in [2.24, 2.45) is 7.05 Å². The summed E-state index contributed by atoms with van der Waals surface area (Å²) in [5.74, 6) is -2.65. The molecule has 1 aliphatic carbocycles. The number of benzene rings is 2. The second-order valence-corrected chi connectivity index (χ2v) is 10.0. The Morgan fingerprint density at radius 2 is 1.98 bits per heavy atom. The van der Waals surface area contributed by atoms with Gasteiger partial charge in [0, 0.05) is 13.6 Å². The molecule has 6 rings (SSSR count). The van der Waals surface area contributed by atoms with Crippen LogP contribution in [0.2, 0.25) is 0 Å². The Morgan fingerprint density at radius 1 is 1.17 bits per heavy atom. The quantitative estimate of drug-likeness (QED) is 0.256. The number of amides is 2. The fourth-order valence-corrected chi connectivity index (χ4v) is 5.40. The van der Waals surface area contributed by atoms with Crippen molar-refractivity contribution in [3.8, 4) is 0 Å². The van der Waals surface area contributed by atoms with E-state index in [-0.39, 0.29) is 40.2 Å². The van der Waals surface area contributed by atoms with Crippen molar-refractivity contribution in [3.63, 3.8) is 0 Å². The average molecular weight is 575 g/mol. The second-order valence-electron chi connectivity index (χ2n) is 9.70. The third-order valence-electron chi connectivity index (χ3n) is 7.33. The van der Waals surface area contributed by atoms with Crippen LogP contribution in [0.3, 0.4) is 0 Å². The van der Waals surface area contributed by atoms with Crippen LogP contribution in [0, 0.1) is 11.8 Å². The van der Waals surface area contributed by atoms with Gasteiger partial charge in [0.15, 0.2) is 5.58 Å². The van der Waals surface area contributed by atoms with Crippen molar-refractivity contribution >= 4 is 46.9 Å². The van der Waals surface area contributed by atoms with Crippen LogP contribution < -0.4 is 16.4 Å². The van der Waals surface area contributed by atoms with Gasteiger partial charge >= 0.3 is 16.6 Å². The molecule has 0 aliphatic heterocycles. The molecule has 3 aromatic heterocycles. The number of hydrogen-bond donors (Lipinski definition) is 3. The molecule has 14 heteroatoms. The lowest BCUT2D eigenvalue weighted by Crippen LogP contribution is -2.30. The lowest BCUT2D eigenvalue weighted by Gasteiger charge is -2.15. The summed E-state index contributed by atoms with van der Waals surface area (Å²) in [4.78, 5) is 54.0. The van der Waals surface area contributed by atoms with E-state index in [0.29, 0.717) is 35.1 Å². The van der Waals surface area contributed by atoms with Gasteiger partial charge in [-0.25, -0.2) is 19.0 Å². The van der Waals surface area contributed by atoms with Gasteiger partial charge in [-0.15, -0.1) is 0 Å². The summed E-state index contributed by atoms with van der Waals surface area (Å²) in [5.41, 5.74) is 4.30. The van der Waals surface area contributed by atoms with E-state index in [0.717, 1.165) is 11.1 Å². The molecule has 0 radical (unpaired) electrons. The number of nitrogens with one attached hydrogen (secondary N) is 2. The van der Waals surface area contributed by atoms with Gasteiger partial charge in [-0.3, -0.25) is 14.2 Å². The normalized spacial score (nSPS) is 14.3. The maximum Gasteiger partial charge on any atom is 0.419 e. The van der Waals surface area contributed by atoms with Crippen molar-refractivity contribution in [3.05, 3.63) is 91.0 Å². The number of nitrogens with zero attached hydrogens (tertiary/aromatic N) is 4. The minimum Gasteiger partial charge on any atom is -0.478 e. The first-order valence-corrected chi connectivity index (χ1v) is 13.0. The zero-order valence-corrected chi connectivity index (χ0v) is 22.6. The number of carboxylic acid groups (broad SMARTS) is 1. The summed E-state index contributed by atoms with van der Waals surface area (Å²) < 4.78 is 12.8. The van der Waals surface area contributed by atoms with Crippen LogP contribution in [0.25, 0.3) is 16.9 Å². The van der Waals surface area contributed by atoms with Crippen LogP contribution in [0.5, 0.6) is 0 Å². The summed E-state index contributed by atoms with van der Waals surface area (Å²) in [5, 5.41) is 18.9. The molecule has 2 aromatic carbocycles. The molecule has 41 heavy (non-hydrogen) atoms. The molecule has 0 spiro atoms. The van der Waals surface area contributed by atoms with E-state index in [1.807, 2.05) is 0 Å². The van der Waals surface area contributed by atoms with Gasteiger partial charge < -0.3 is 24.7 Å². The van der Waals surface area contributed by atoms with E-state index in [1.165, 1.54) is 21.1 Å². The minimum atomic E-state index is -1.00. The highest BCUT2D eigenvalue weighted by molar-refractivity contribution is 7.71. The first kappa shape index (κ1) is 26.1. The van der Waals surface area contributed by atoms with Crippen molar-refractivity contribution < 1.29 is 28.4 Å². The summed E-state index contributed by atoms with van der Waals surface area (Å²) in [6.07, 6.45) is 1.20. The van der Waals surface area contributed by atoms with Gasteiger partial charge in [0.1, 0.15) is 11.4 Å². The summed E-state index contributed by atoms with van der Waals surface area (Å²) in [7, 11) is 1.59. The summed E-state index contributed by atoms with van der Waals surface area (Å²) in [6.45, 7) is 1.87. The van der Waals surface area contributed by atoms with Gasteiger partial charge in [-0.1, -0.05) is 12.1 Å². The molecule has 1 aliphatic rings. The number of hydrogen-bond acceptors (Lipinski definition) is 9. The molecule has 0 fully saturated rings. The molecule has 0 saturated carbocycles. The van der Waals surface area contributed by atoms with Crippen LogP contribution in [-0.2, 0) is 20.0 Å². The third kappa shape index (κ3) is 4.47. The number of carboxylic acids is 1. The maximum absolute atomic E-state index is 13.3. The topological polar surface area (TPSA) is 174 Å². The average Bonchev–Trinajstić information content (AvgIpc) is 3.62. The van der Waals surface area contributed by atoms with Crippen LogP contribution in [-0.4, -0.2) is 42.0 Å². The number of oxazole rings is 1. The van der Waals surface area contributed by atoms with E-state index in [1.54, 1.807) is 38.2 Å². The third-order valence-corrected chi connectivity index (χ3v) is 7.58. The number of aromatic carboxylic acids is 1. The fourth-order valence-electron chi connectivity index (χ4n) is 5.19. The van der Waals surface area contributed by atoms with Gasteiger partial charge in [0.05, 0.1) is 17.1 Å². The van der Waals surface area contributed by atoms with E-state index >= 15 is 0 Å². The number of fused-ring (bicyclic) bond motifs is 3. The summed E-state index contributed by atoms with van der Waals surface area (Å²) >= 11 is 5.18. The predicted molar refractivity (Wildman–Crippen MR) is 145 cm³/mol. The number of carbonyl (C=O) groups excluding carboxylic acids is 2. The Hall–Kier alpha value is -5.11. The smallest absolute Gasteiger partial charge is 0.419 e.